The van der Waals surface area contributed by atoms with E-state index in [-0.39, 0.29) is 10.8 Å². The number of aromatic nitrogens is 1. The summed E-state index contributed by atoms with van der Waals surface area (Å²) in [6.45, 7) is 1.83. The van der Waals surface area contributed by atoms with Gasteiger partial charge in [-0.1, -0.05) is 40.9 Å². The second-order valence-electron chi connectivity index (χ2n) is 3.66. The van der Waals surface area contributed by atoms with Crippen molar-refractivity contribution in [1.29, 1.82) is 0 Å². The number of rotatable bonds is 2. The molecule has 18 heavy (non-hydrogen) atoms. The van der Waals surface area contributed by atoms with Crippen molar-refractivity contribution < 1.29 is 4.39 Å². The molecule has 0 spiro atoms. The molecule has 6 heteroatoms. The smallest absolute Gasteiger partial charge is 0.167 e. The fourth-order valence-corrected chi connectivity index (χ4v) is 2.01. The van der Waals surface area contributed by atoms with Crippen molar-refractivity contribution in [3.63, 3.8) is 0 Å². The summed E-state index contributed by atoms with van der Waals surface area (Å²) in [5.74, 6) is -0.551. The van der Waals surface area contributed by atoms with Crippen LogP contribution in [0.4, 0.5) is 15.9 Å². The Hall–Kier alpha value is -1.03. The van der Waals surface area contributed by atoms with E-state index < -0.39 is 5.82 Å². The van der Waals surface area contributed by atoms with Gasteiger partial charge in [0.05, 0.1) is 20.8 Å². The van der Waals surface area contributed by atoms with E-state index in [1.54, 1.807) is 12.1 Å². The SMILES string of the molecule is Cc1ccc(Cl)c(Nc2ncc(Cl)cc2F)c1Cl. The number of pyridine rings is 1. The Balaban J connectivity index is 2.43. The third-order valence-electron chi connectivity index (χ3n) is 2.34. The van der Waals surface area contributed by atoms with E-state index in [1.807, 2.05) is 6.92 Å². The number of hydrogen-bond acceptors (Lipinski definition) is 2. The third-order valence-corrected chi connectivity index (χ3v) is 3.34. The second-order valence-corrected chi connectivity index (χ2v) is 4.88. The average Bonchev–Trinajstić information content (AvgIpc) is 2.32. The van der Waals surface area contributed by atoms with E-state index in [0.717, 1.165) is 11.6 Å². The van der Waals surface area contributed by atoms with Crippen LogP contribution in [0.2, 0.25) is 15.1 Å². The van der Waals surface area contributed by atoms with Gasteiger partial charge in [0.25, 0.3) is 0 Å². The molecule has 0 radical (unpaired) electrons. The first kappa shape index (κ1) is 13.4. The molecule has 0 bridgehead atoms. The van der Waals surface area contributed by atoms with Gasteiger partial charge in [-0.3, -0.25) is 0 Å². The molecular weight excluding hydrogens is 298 g/mol. The van der Waals surface area contributed by atoms with Crippen LogP contribution in [0.25, 0.3) is 0 Å². The summed E-state index contributed by atoms with van der Waals surface area (Å²) in [7, 11) is 0. The van der Waals surface area contributed by atoms with E-state index >= 15 is 0 Å². The molecule has 1 aromatic heterocycles. The standard InChI is InChI=1S/C12H8Cl3FN2/c1-6-2-3-8(14)11(10(6)15)18-12-9(16)4-7(13)5-17-12/h2-5H,1H3,(H,17,18). The fraction of sp³-hybridized carbons (Fsp3) is 0.0833. The van der Waals surface area contributed by atoms with Crippen molar-refractivity contribution in [3.8, 4) is 0 Å². The first-order valence-corrected chi connectivity index (χ1v) is 6.15. The molecule has 0 aliphatic rings. The Labute approximate surface area is 119 Å². The molecule has 0 saturated carbocycles. The van der Waals surface area contributed by atoms with Crippen LogP contribution in [-0.4, -0.2) is 4.98 Å². The van der Waals surface area contributed by atoms with Crippen LogP contribution in [0.1, 0.15) is 5.56 Å². The zero-order chi connectivity index (χ0) is 13.3. The summed E-state index contributed by atoms with van der Waals surface area (Å²) in [6, 6.07) is 4.62. The quantitative estimate of drug-likeness (QED) is 0.821. The van der Waals surface area contributed by atoms with Crippen LogP contribution in [0.3, 0.4) is 0 Å². The normalized spacial score (nSPS) is 10.5. The van der Waals surface area contributed by atoms with Crippen molar-refractivity contribution >= 4 is 46.3 Å². The van der Waals surface area contributed by atoms with Gasteiger partial charge >= 0.3 is 0 Å². The van der Waals surface area contributed by atoms with Gasteiger partial charge in [-0.25, -0.2) is 9.37 Å². The summed E-state index contributed by atoms with van der Waals surface area (Å²) >= 11 is 17.7. The minimum absolute atomic E-state index is 0.0220. The first-order chi connectivity index (χ1) is 8.49. The van der Waals surface area contributed by atoms with Crippen LogP contribution in [-0.2, 0) is 0 Å². The first-order valence-electron chi connectivity index (χ1n) is 5.01. The monoisotopic (exact) mass is 304 g/mol. The summed E-state index contributed by atoms with van der Waals surface area (Å²) in [5, 5.41) is 3.81. The number of benzene rings is 1. The van der Waals surface area contributed by atoms with Crippen molar-refractivity contribution in [2.45, 2.75) is 6.92 Å². The van der Waals surface area contributed by atoms with Crippen LogP contribution < -0.4 is 5.32 Å². The lowest BCUT2D eigenvalue weighted by molar-refractivity contribution is 0.626. The zero-order valence-corrected chi connectivity index (χ0v) is 11.5. The van der Waals surface area contributed by atoms with Gasteiger partial charge in [-0.05, 0) is 24.6 Å². The van der Waals surface area contributed by atoms with Crippen LogP contribution >= 0.6 is 34.8 Å². The number of nitrogens with one attached hydrogen (secondary N) is 1. The number of halogens is 4. The molecule has 0 aliphatic heterocycles. The Morgan fingerprint density at radius 1 is 1.22 bits per heavy atom. The molecule has 0 fully saturated rings. The summed E-state index contributed by atoms with van der Waals surface area (Å²) in [4.78, 5) is 3.85. The maximum absolute atomic E-state index is 13.6. The van der Waals surface area contributed by atoms with Crippen molar-refractivity contribution in [1.82, 2.24) is 4.98 Å². The molecule has 1 heterocycles. The Morgan fingerprint density at radius 3 is 2.61 bits per heavy atom. The number of hydrogen-bond donors (Lipinski definition) is 1. The average molecular weight is 306 g/mol. The lowest BCUT2D eigenvalue weighted by Gasteiger charge is -2.12. The van der Waals surface area contributed by atoms with Gasteiger partial charge in [0, 0.05) is 6.20 Å². The molecule has 1 N–H and O–H groups in total. The fourth-order valence-electron chi connectivity index (χ4n) is 1.40. The molecule has 0 saturated heterocycles. The lowest BCUT2D eigenvalue weighted by Crippen LogP contribution is -1.99. The Kier molecular flexibility index (Phi) is 3.95. The van der Waals surface area contributed by atoms with Gasteiger partial charge < -0.3 is 5.32 Å². The van der Waals surface area contributed by atoms with E-state index in [9.17, 15) is 4.39 Å². The molecule has 94 valence electrons. The topological polar surface area (TPSA) is 24.9 Å². The minimum Gasteiger partial charge on any atom is -0.335 e. The molecule has 2 rings (SSSR count). The van der Waals surface area contributed by atoms with Gasteiger partial charge in [0.15, 0.2) is 11.6 Å². The minimum atomic E-state index is -0.573. The van der Waals surface area contributed by atoms with Crippen molar-refractivity contribution in [3.05, 3.63) is 50.8 Å². The predicted molar refractivity (Wildman–Crippen MR) is 73.7 cm³/mol. The molecule has 1 aromatic carbocycles. The summed E-state index contributed by atoms with van der Waals surface area (Å²) in [6.07, 6.45) is 1.34. The van der Waals surface area contributed by atoms with Gasteiger partial charge in [-0.15, -0.1) is 0 Å². The highest BCUT2D eigenvalue weighted by atomic mass is 35.5. The Bertz CT molecular complexity index is 602. The highest BCUT2D eigenvalue weighted by Crippen LogP contribution is 2.35. The highest BCUT2D eigenvalue weighted by molar-refractivity contribution is 6.39. The van der Waals surface area contributed by atoms with E-state index in [4.69, 9.17) is 34.8 Å². The predicted octanol–water partition coefficient (Wildman–Crippen LogP) is 5.23. The van der Waals surface area contributed by atoms with E-state index in [1.165, 1.54) is 6.20 Å². The molecule has 0 amide bonds. The molecule has 0 aliphatic carbocycles. The maximum atomic E-state index is 13.6. The van der Waals surface area contributed by atoms with Gasteiger partial charge in [0.2, 0.25) is 0 Å². The summed E-state index contributed by atoms with van der Waals surface area (Å²) < 4.78 is 13.6. The lowest BCUT2D eigenvalue weighted by atomic mass is 10.2. The van der Waals surface area contributed by atoms with Crippen molar-refractivity contribution in [2.75, 3.05) is 5.32 Å². The van der Waals surface area contributed by atoms with E-state index in [2.05, 4.69) is 10.3 Å². The van der Waals surface area contributed by atoms with Crippen LogP contribution in [0.5, 0.6) is 0 Å². The number of aryl methyl sites for hydroxylation is 1. The van der Waals surface area contributed by atoms with Crippen LogP contribution in [0, 0.1) is 12.7 Å². The molecule has 2 nitrogen and oxygen atoms in total. The summed E-state index contributed by atoms with van der Waals surface area (Å²) in [5.41, 5.74) is 1.25. The third kappa shape index (κ3) is 2.69. The maximum Gasteiger partial charge on any atom is 0.167 e. The van der Waals surface area contributed by atoms with E-state index in [0.29, 0.717) is 15.7 Å². The highest BCUT2D eigenvalue weighted by Gasteiger charge is 2.12. The molecule has 2 aromatic rings. The number of anilines is 2. The Morgan fingerprint density at radius 2 is 1.94 bits per heavy atom. The second kappa shape index (κ2) is 5.31. The molecule has 0 atom stereocenters. The largest absolute Gasteiger partial charge is 0.335 e. The van der Waals surface area contributed by atoms with Crippen LogP contribution in [0.15, 0.2) is 24.4 Å². The molecule has 0 unspecified atom stereocenters. The number of nitrogens with zero attached hydrogens (tertiary/aromatic N) is 1. The van der Waals surface area contributed by atoms with Gasteiger partial charge in [0.1, 0.15) is 0 Å². The zero-order valence-electron chi connectivity index (χ0n) is 9.27. The van der Waals surface area contributed by atoms with Gasteiger partial charge in [-0.2, -0.15) is 0 Å². The molecular formula is C12H8Cl3FN2. The van der Waals surface area contributed by atoms with Crippen molar-refractivity contribution in [2.24, 2.45) is 0 Å².